The van der Waals surface area contributed by atoms with E-state index in [0.29, 0.717) is 6.54 Å². The van der Waals surface area contributed by atoms with Crippen molar-refractivity contribution < 1.29 is 18.3 Å². The molecular weight excluding hydrogens is 266 g/mol. The zero-order valence-electron chi connectivity index (χ0n) is 12.4. The minimum atomic E-state index is -0.893. The van der Waals surface area contributed by atoms with Crippen molar-refractivity contribution in [3.8, 4) is 5.75 Å². The third-order valence-electron chi connectivity index (χ3n) is 3.26. The van der Waals surface area contributed by atoms with Crippen LogP contribution >= 0.6 is 0 Å². The molecule has 0 N–H and O–H groups in total. The number of ether oxygens (including phenoxy) is 1. The van der Waals surface area contributed by atoms with Gasteiger partial charge in [0.1, 0.15) is 5.82 Å². The summed E-state index contributed by atoms with van der Waals surface area (Å²) >= 11 is 0. The van der Waals surface area contributed by atoms with Crippen LogP contribution in [-0.4, -0.2) is 43.6 Å². The van der Waals surface area contributed by atoms with Crippen molar-refractivity contribution >= 4 is 6.09 Å². The number of benzene rings is 1. The molecule has 1 unspecified atom stereocenters. The summed E-state index contributed by atoms with van der Waals surface area (Å²) in [6, 6.07) is 1.71. The van der Waals surface area contributed by atoms with E-state index in [4.69, 9.17) is 4.74 Å². The lowest BCUT2D eigenvalue weighted by Crippen LogP contribution is -2.29. The van der Waals surface area contributed by atoms with Crippen molar-refractivity contribution in [2.24, 2.45) is 0 Å². The van der Waals surface area contributed by atoms with E-state index < -0.39 is 17.7 Å². The topological polar surface area (TPSA) is 32.8 Å². The van der Waals surface area contributed by atoms with E-state index in [2.05, 4.69) is 0 Å². The van der Waals surface area contributed by atoms with E-state index in [1.54, 1.807) is 32.8 Å². The van der Waals surface area contributed by atoms with Gasteiger partial charge < -0.3 is 14.5 Å². The first-order chi connectivity index (χ1) is 9.27. The molecule has 0 spiro atoms. The summed E-state index contributed by atoms with van der Waals surface area (Å²) in [4.78, 5) is 14.7. The first-order valence-electron chi connectivity index (χ1n) is 6.36. The van der Waals surface area contributed by atoms with E-state index in [0.717, 1.165) is 6.07 Å². The Balaban J connectivity index is 3.09. The minimum Gasteiger partial charge on any atom is -0.407 e. The molecule has 112 valence electrons. The van der Waals surface area contributed by atoms with Gasteiger partial charge in [0.2, 0.25) is 0 Å². The van der Waals surface area contributed by atoms with Gasteiger partial charge >= 0.3 is 6.09 Å². The lowest BCUT2D eigenvalue weighted by atomic mass is 10.1. The molecule has 0 radical (unpaired) electrons. The molecule has 4 nitrogen and oxygen atoms in total. The second-order valence-electron chi connectivity index (χ2n) is 4.83. The first-order valence-corrected chi connectivity index (χ1v) is 6.36. The monoisotopic (exact) mass is 286 g/mol. The Kier molecular flexibility index (Phi) is 5.44. The van der Waals surface area contributed by atoms with Gasteiger partial charge in [0.25, 0.3) is 0 Å². The summed E-state index contributed by atoms with van der Waals surface area (Å²) in [5, 5.41) is 0. The van der Waals surface area contributed by atoms with Crippen molar-refractivity contribution in [1.29, 1.82) is 0 Å². The average molecular weight is 286 g/mol. The fraction of sp³-hybridized carbons (Fsp3) is 0.500. The van der Waals surface area contributed by atoms with Crippen LogP contribution in [0, 0.1) is 11.6 Å². The van der Waals surface area contributed by atoms with Crippen LogP contribution in [0.4, 0.5) is 13.6 Å². The highest BCUT2D eigenvalue weighted by Crippen LogP contribution is 2.28. The van der Waals surface area contributed by atoms with Crippen LogP contribution in [0.25, 0.3) is 0 Å². The number of amides is 1. The number of hydrogen-bond donors (Lipinski definition) is 0. The fourth-order valence-corrected chi connectivity index (χ4v) is 1.52. The van der Waals surface area contributed by atoms with E-state index in [1.807, 2.05) is 0 Å². The largest absolute Gasteiger partial charge is 0.415 e. The highest BCUT2D eigenvalue weighted by molar-refractivity contribution is 5.70. The Morgan fingerprint density at radius 1 is 1.25 bits per heavy atom. The zero-order valence-corrected chi connectivity index (χ0v) is 12.4. The number of rotatable bonds is 4. The predicted molar refractivity (Wildman–Crippen MR) is 72.8 cm³/mol. The summed E-state index contributed by atoms with van der Waals surface area (Å²) in [5.41, 5.74) is 0.276. The molecule has 1 rings (SSSR count). The maximum atomic E-state index is 13.8. The highest BCUT2D eigenvalue weighted by Gasteiger charge is 2.20. The van der Waals surface area contributed by atoms with Crippen molar-refractivity contribution in [3.63, 3.8) is 0 Å². The van der Waals surface area contributed by atoms with Gasteiger partial charge in [-0.1, -0.05) is 0 Å². The van der Waals surface area contributed by atoms with Gasteiger partial charge in [0, 0.05) is 31.3 Å². The van der Waals surface area contributed by atoms with E-state index in [-0.39, 0.29) is 17.4 Å². The summed E-state index contributed by atoms with van der Waals surface area (Å²) in [7, 11) is 5.10. The van der Waals surface area contributed by atoms with Crippen molar-refractivity contribution in [1.82, 2.24) is 9.80 Å². The molecule has 20 heavy (non-hydrogen) atoms. The highest BCUT2D eigenvalue weighted by atomic mass is 19.1. The molecule has 1 aromatic rings. The van der Waals surface area contributed by atoms with Crippen molar-refractivity contribution in [3.05, 3.63) is 29.3 Å². The van der Waals surface area contributed by atoms with Crippen LogP contribution in [0.2, 0.25) is 0 Å². The third-order valence-corrected chi connectivity index (χ3v) is 3.26. The summed E-state index contributed by atoms with van der Waals surface area (Å²) in [6.45, 7) is 3.98. The van der Waals surface area contributed by atoms with Gasteiger partial charge in [-0.2, -0.15) is 0 Å². The molecule has 0 aliphatic carbocycles. The quantitative estimate of drug-likeness (QED) is 0.853. The van der Waals surface area contributed by atoms with Gasteiger partial charge in [-0.05, 0) is 34.0 Å². The predicted octanol–water partition coefficient (Wildman–Crippen LogP) is 3.04. The molecule has 0 aromatic heterocycles. The Labute approximate surface area is 117 Å². The second-order valence-corrected chi connectivity index (χ2v) is 4.83. The number of nitrogens with zero attached hydrogens (tertiary/aromatic N) is 2. The fourth-order valence-electron chi connectivity index (χ4n) is 1.52. The normalized spacial score (nSPS) is 12.4. The molecule has 0 aliphatic heterocycles. The Morgan fingerprint density at radius 2 is 1.85 bits per heavy atom. The van der Waals surface area contributed by atoms with Gasteiger partial charge in [-0.15, -0.1) is 0 Å². The number of halogens is 2. The zero-order chi connectivity index (χ0) is 15.4. The molecule has 1 aromatic carbocycles. The average Bonchev–Trinajstić information content (AvgIpc) is 2.39. The lowest BCUT2D eigenvalue weighted by molar-refractivity contribution is 0.163. The number of carbonyl (C=O) groups excluding carboxylic acids is 1. The molecule has 0 saturated heterocycles. The molecule has 0 saturated carbocycles. The molecule has 0 aliphatic rings. The van der Waals surface area contributed by atoms with Crippen LogP contribution < -0.4 is 4.74 Å². The Bertz CT molecular complexity index is 492. The molecule has 1 atom stereocenters. The molecule has 1 amide bonds. The molecule has 0 fully saturated rings. The molecule has 6 heteroatoms. The molecule has 0 bridgehead atoms. The Morgan fingerprint density at radius 3 is 2.35 bits per heavy atom. The summed E-state index contributed by atoms with van der Waals surface area (Å²) < 4.78 is 32.4. The van der Waals surface area contributed by atoms with E-state index in [1.165, 1.54) is 18.0 Å². The first kappa shape index (κ1) is 16.4. The van der Waals surface area contributed by atoms with Crippen molar-refractivity contribution in [2.45, 2.75) is 19.9 Å². The SMILES string of the molecule is CCN(C)C(=O)Oc1cc(C(C)N(C)C)c(F)cc1F. The van der Waals surface area contributed by atoms with Crippen LogP contribution in [-0.2, 0) is 0 Å². The number of carbonyl (C=O) groups is 1. The van der Waals surface area contributed by atoms with Crippen LogP contribution in [0.5, 0.6) is 5.75 Å². The van der Waals surface area contributed by atoms with Gasteiger partial charge in [0.05, 0.1) is 0 Å². The van der Waals surface area contributed by atoms with Gasteiger partial charge in [-0.3, -0.25) is 0 Å². The third kappa shape index (κ3) is 3.66. The Hall–Kier alpha value is -1.69. The van der Waals surface area contributed by atoms with Gasteiger partial charge in [0.15, 0.2) is 11.6 Å². The van der Waals surface area contributed by atoms with Crippen LogP contribution in [0.15, 0.2) is 12.1 Å². The summed E-state index contributed by atoms with van der Waals surface area (Å²) in [5.74, 6) is -1.82. The minimum absolute atomic E-state index is 0.264. The maximum Gasteiger partial charge on any atom is 0.415 e. The van der Waals surface area contributed by atoms with E-state index in [9.17, 15) is 13.6 Å². The second kappa shape index (κ2) is 6.65. The van der Waals surface area contributed by atoms with Crippen molar-refractivity contribution in [2.75, 3.05) is 27.7 Å². The van der Waals surface area contributed by atoms with E-state index >= 15 is 0 Å². The molecular formula is C14H20F2N2O2. The number of hydrogen-bond acceptors (Lipinski definition) is 3. The standard InChI is InChI=1S/C14H20F2N2O2/c1-6-18(5)14(19)20-13-7-10(9(2)17(3)4)11(15)8-12(13)16/h7-9H,6H2,1-5H3. The maximum absolute atomic E-state index is 13.8. The summed E-state index contributed by atoms with van der Waals surface area (Å²) in [6.07, 6.45) is -0.679. The molecule has 0 heterocycles. The van der Waals surface area contributed by atoms with Crippen LogP contribution in [0.1, 0.15) is 25.5 Å². The van der Waals surface area contributed by atoms with Crippen LogP contribution in [0.3, 0.4) is 0 Å². The lowest BCUT2D eigenvalue weighted by Gasteiger charge is -2.22. The smallest absolute Gasteiger partial charge is 0.407 e. The van der Waals surface area contributed by atoms with Gasteiger partial charge in [-0.25, -0.2) is 13.6 Å².